The third-order valence-corrected chi connectivity index (χ3v) is 9.90. The van der Waals surface area contributed by atoms with Crippen molar-refractivity contribution in [2.45, 2.75) is 91.9 Å². The van der Waals surface area contributed by atoms with Crippen LogP contribution in [0.3, 0.4) is 0 Å². The molecule has 0 N–H and O–H groups in total. The summed E-state index contributed by atoms with van der Waals surface area (Å²) in [6.45, 7) is 9.55. The van der Waals surface area contributed by atoms with Crippen LogP contribution in [-0.2, 0) is 18.2 Å². The highest BCUT2D eigenvalue weighted by Crippen LogP contribution is 2.50. The lowest BCUT2D eigenvalue weighted by Gasteiger charge is -2.20. The van der Waals surface area contributed by atoms with Crippen LogP contribution in [0.5, 0.6) is 0 Å². The highest BCUT2D eigenvalue weighted by molar-refractivity contribution is 7.59. The summed E-state index contributed by atoms with van der Waals surface area (Å²) in [5.74, 6) is 0. The Balaban J connectivity index is 4.16. The molecule has 0 aromatic rings. The molecular weight excluding hydrogens is 366 g/mol. The third kappa shape index (κ3) is 13.5. The summed E-state index contributed by atoms with van der Waals surface area (Å²) in [6.07, 6.45) is 12.6. The molecule has 0 amide bonds. The van der Waals surface area contributed by atoms with Crippen molar-refractivity contribution in [3.63, 3.8) is 0 Å². The molecule has 0 saturated heterocycles. The molecule has 0 fully saturated rings. The zero-order valence-corrected chi connectivity index (χ0v) is 19.6. The van der Waals surface area contributed by atoms with Gasteiger partial charge >= 0.3 is 0 Å². The monoisotopic (exact) mass is 410 g/mol. The second-order valence-electron chi connectivity index (χ2n) is 7.31. The first-order valence-corrected chi connectivity index (χ1v) is 14.9. The molecule has 0 aliphatic rings. The molecule has 0 aromatic heterocycles. The predicted molar refractivity (Wildman–Crippen MR) is 115 cm³/mol. The summed E-state index contributed by atoms with van der Waals surface area (Å²) in [5.41, 5.74) is 0. The van der Waals surface area contributed by atoms with E-state index in [2.05, 4.69) is 27.7 Å². The zero-order valence-electron chi connectivity index (χ0n) is 17.8. The van der Waals surface area contributed by atoms with Crippen LogP contribution in [-0.4, -0.2) is 37.9 Å². The Labute approximate surface area is 163 Å². The first kappa shape index (κ1) is 26.4. The van der Waals surface area contributed by atoms with Crippen molar-refractivity contribution in [2.24, 2.45) is 0 Å². The van der Waals surface area contributed by atoms with E-state index >= 15 is 0 Å². The van der Waals surface area contributed by atoms with Crippen molar-refractivity contribution >= 4 is 14.7 Å². The van der Waals surface area contributed by atoms with Gasteiger partial charge in [0.1, 0.15) is 0 Å². The van der Waals surface area contributed by atoms with Gasteiger partial charge in [0.05, 0.1) is 13.2 Å². The van der Waals surface area contributed by atoms with Gasteiger partial charge in [0.25, 0.3) is 0 Å². The van der Waals surface area contributed by atoms with Crippen molar-refractivity contribution in [1.29, 1.82) is 0 Å². The van der Waals surface area contributed by atoms with Gasteiger partial charge in [-0.15, -0.1) is 0 Å². The summed E-state index contributed by atoms with van der Waals surface area (Å²) in [4.78, 5) is 0. The largest absolute Gasteiger partial charge is 0.328 e. The fraction of sp³-hybridized carbons (Fsp3) is 1.00. The molecule has 0 aliphatic carbocycles. The van der Waals surface area contributed by atoms with Crippen LogP contribution >= 0.6 is 14.7 Å². The van der Waals surface area contributed by atoms with Gasteiger partial charge < -0.3 is 9.05 Å². The molecule has 0 radical (unpaired) electrons. The first-order chi connectivity index (χ1) is 12.4. The minimum Gasteiger partial charge on any atom is -0.328 e. The van der Waals surface area contributed by atoms with Crippen molar-refractivity contribution in [1.82, 2.24) is 0 Å². The normalized spacial score (nSPS) is 12.6. The van der Waals surface area contributed by atoms with E-state index in [4.69, 9.17) is 9.05 Å². The smallest absolute Gasteiger partial charge is 0.203 e. The summed E-state index contributed by atoms with van der Waals surface area (Å²) >= 11 is 0. The number of rotatable bonds is 19. The van der Waals surface area contributed by atoms with Gasteiger partial charge in [-0.05, 0) is 38.5 Å². The van der Waals surface area contributed by atoms with Crippen molar-refractivity contribution in [3.8, 4) is 0 Å². The third-order valence-electron chi connectivity index (χ3n) is 4.60. The van der Waals surface area contributed by atoms with Gasteiger partial charge in [-0.3, -0.25) is 9.13 Å². The number of hydrogen-bond donors (Lipinski definition) is 0. The Bertz CT molecular complexity index is 351. The predicted octanol–water partition coefficient (Wildman–Crippen LogP) is 7.56. The van der Waals surface area contributed by atoms with E-state index in [-0.39, 0.29) is 0 Å². The lowest BCUT2D eigenvalue weighted by molar-refractivity contribution is 0.265. The standard InChI is InChI=1S/C20H44O4P2/c1-5-9-17-25(21,18-10-6-2)23-15-13-14-16-24-26(22,19-11-7-3)20-12-8-4/h5-20H2,1-4H3. The Kier molecular flexibility index (Phi) is 16.6. The van der Waals surface area contributed by atoms with Crippen LogP contribution in [0.15, 0.2) is 0 Å². The van der Waals surface area contributed by atoms with E-state index in [1.807, 2.05) is 0 Å². The lowest BCUT2D eigenvalue weighted by atomic mass is 10.3. The lowest BCUT2D eigenvalue weighted by Crippen LogP contribution is -2.05. The quantitative estimate of drug-likeness (QED) is 0.163. The van der Waals surface area contributed by atoms with Crippen LogP contribution in [0.25, 0.3) is 0 Å². The maximum atomic E-state index is 12.9. The molecule has 0 saturated carbocycles. The van der Waals surface area contributed by atoms with Gasteiger partial charge in [-0.2, -0.15) is 0 Å². The molecule has 0 spiro atoms. The van der Waals surface area contributed by atoms with Crippen molar-refractivity contribution in [2.75, 3.05) is 37.9 Å². The number of hydrogen-bond acceptors (Lipinski definition) is 4. The SMILES string of the molecule is CCCCP(=O)(CCCC)OCCCCOP(=O)(CCCC)CCCC. The van der Waals surface area contributed by atoms with E-state index in [0.717, 1.165) is 64.2 Å². The zero-order chi connectivity index (χ0) is 19.7. The average molecular weight is 411 g/mol. The van der Waals surface area contributed by atoms with Crippen LogP contribution < -0.4 is 0 Å². The van der Waals surface area contributed by atoms with Crippen LogP contribution in [0, 0.1) is 0 Å². The average Bonchev–Trinajstić information content (AvgIpc) is 2.64. The van der Waals surface area contributed by atoms with E-state index in [1.54, 1.807) is 0 Å². The van der Waals surface area contributed by atoms with Gasteiger partial charge in [-0.25, -0.2) is 0 Å². The molecule has 0 aromatic carbocycles. The van der Waals surface area contributed by atoms with Crippen molar-refractivity contribution in [3.05, 3.63) is 0 Å². The van der Waals surface area contributed by atoms with E-state index in [9.17, 15) is 9.13 Å². The fourth-order valence-electron chi connectivity index (χ4n) is 2.74. The fourth-order valence-corrected chi connectivity index (χ4v) is 7.82. The van der Waals surface area contributed by atoms with Crippen molar-refractivity contribution < 1.29 is 18.2 Å². The maximum absolute atomic E-state index is 12.9. The summed E-state index contributed by atoms with van der Waals surface area (Å²) < 4.78 is 37.4. The Morgan fingerprint density at radius 2 is 0.769 bits per heavy atom. The van der Waals surface area contributed by atoms with Gasteiger partial charge in [-0.1, -0.05) is 53.4 Å². The second-order valence-corrected chi connectivity index (χ2v) is 12.9. The maximum Gasteiger partial charge on any atom is 0.203 e. The molecule has 26 heavy (non-hydrogen) atoms. The minimum absolute atomic E-state index is 0.530. The molecule has 0 unspecified atom stereocenters. The molecule has 0 atom stereocenters. The molecule has 0 bridgehead atoms. The van der Waals surface area contributed by atoms with Gasteiger partial charge in [0.15, 0.2) is 0 Å². The molecule has 6 heteroatoms. The van der Waals surface area contributed by atoms with Gasteiger partial charge in [0.2, 0.25) is 14.7 Å². The molecule has 0 heterocycles. The molecule has 0 aliphatic heterocycles. The van der Waals surface area contributed by atoms with Crippen LogP contribution in [0.1, 0.15) is 91.9 Å². The first-order valence-electron chi connectivity index (χ1n) is 10.9. The summed E-state index contributed by atoms with van der Waals surface area (Å²) in [5, 5.41) is 0. The highest BCUT2D eigenvalue weighted by atomic mass is 31.2. The molecular formula is C20H44O4P2. The second kappa shape index (κ2) is 16.3. The van der Waals surface area contributed by atoms with Crippen LogP contribution in [0.2, 0.25) is 0 Å². The summed E-state index contributed by atoms with van der Waals surface area (Å²) in [6, 6.07) is 0. The van der Waals surface area contributed by atoms with E-state index in [0.29, 0.717) is 37.9 Å². The minimum atomic E-state index is -2.46. The number of unbranched alkanes of at least 4 members (excludes halogenated alkanes) is 5. The molecule has 4 nitrogen and oxygen atoms in total. The highest BCUT2D eigenvalue weighted by Gasteiger charge is 2.23. The van der Waals surface area contributed by atoms with Crippen LogP contribution in [0.4, 0.5) is 0 Å². The Morgan fingerprint density at radius 3 is 1.00 bits per heavy atom. The summed E-state index contributed by atoms with van der Waals surface area (Å²) in [7, 11) is -4.92. The van der Waals surface area contributed by atoms with E-state index < -0.39 is 14.7 Å². The van der Waals surface area contributed by atoms with Gasteiger partial charge in [0, 0.05) is 24.6 Å². The Hall–Kier alpha value is 0.380. The Morgan fingerprint density at radius 1 is 0.500 bits per heavy atom. The van der Waals surface area contributed by atoms with E-state index in [1.165, 1.54) is 0 Å². The molecule has 0 rings (SSSR count). The topological polar surface area (TPSA) is 52.6 Å². The molecule has 158 valence electrons.